The van der Waals surface area contributed by atoms with Gasteiger partial charge in [0, 0.05) is 29.8 Å². The molecule has 108 valence electrons. The van der Waals surface area contributed by atoms with Gasteiger partial charge in [-0.15, -0.1) is 0 Å². The van der Waals surface area contributed by atoms with E-state index >= 15 is 0 Å². The van der Waals surface area contributed by atoms with Crippen molar-refractivity contribution in [2.45, 2.75) is 0 Å². The molecule has 0 fully saturated rings. The van der Waals surface area contributed by atoms with Crippen molar-refractivity contribution >= 4 is 33.7 Å². The Kier molecular flexibility index (Phi) is 5.11. The Balaban J connectivity index is 1.96. The number of hydrazone groups is 1. The molecule has 1 N–H and O–H groups in total. The molecule has 0 atom stereocenters. The van der Waals surface area contributed by atoms with Crippen LogP contribution in [-0.4, -0.2) is 26.2 Å². The standard InChI is InChI=1S/C16H16BrN3O/c1-20(2)15-9-5-13(6-10-15)16(21)19-18-11-12-3-7-14(17)8-4-12/h3-11H,1-2H3,(H,19,21)/b18-11+. The number of rotatable bonds is 4. The van der Waals surface area contributed by atoms with Gasteiger partial charge in [-0.3, -0.25) is 4.79 Å². The average Bonchev–Trinajstić information content (AvgIpc) is 2.49. The number of carbonyl (C=O) groups excluding carboxylic acids is 1. The van der Waals surface area contributed by atoms with Crippen LogP contribution in [0.4, 0.5) is 5.69 Å². The Morgan fingerprint density at radius 2 is 1.71 bits per heavy atom. The van der Waals surface area contributed by atoms with E-state index < -0.39 is 0 Å². The highest BCUT2D eigenvalue weighted by Gasteiger charge is 2.04. The molecule has 2 aromatic carbocycles. The molecule has 4 nitrogen and oxygen atoms in total. The third-order valence-electron chi connectivity index (χ3n) is 2.90. The van der Waals surface area contributed by atoms with Crippen LogP contribution in [-0.2, 0) is 0 Å². The normalized spacial score (nSPS) is 10.6. The van der Waals surface area contributed by atoms with E-state index in [0.717, 1.165) is 15.7 Å². The van der Waals surface area contributed by atoms with Crippen molar-refractivity contribution < 1.29 is 4.79 Å². The Morgan fingerprint density at radius 1 is 1.10 bits per heavy atom. The van der Waals surface area contributed by atoms with E-state index in [0.29, 0.717) is 5.56 Å². The lowest BCUT2D eigenvalue weighted by atomic mass is 10.2. The molecule has 2 aromatic rings. The first-order chi connectivity index (χ1) is 10.1. The number of hydrogen-bond acceptors (Lipinski definition) is 3. The smallest absolute Gasteiger partial charge is 0.271 e. The minimum atomic E-state index is -0.228. The van der Waals surface area contributed by atoms with Gasteiger partial charge in [-0.25, -0.2) is 5.43 Å². The van der Waals surface area contributed by atoms with Gasteiger partial charge in [0.2, 0.25) is 0 Å². The van der Waals surface area contributed by atoms with Crippen molar-refractivity contribution in [1.82, 2.24) is 5.43 Å². The van der Waals surface area contributed by atoms with E-state index in [-0.39, 0.29) is 5.91 Å². The number of nitrogens with one attached hydrogen (secondary N) is 1. The van der Waals surface area contributed by atoms with E-state index in [1.54, 1.807) is 18.3 Å². The fraction of sp³-hybridized carbons (Fsp3) is 0.125. The van der Waals surface area contributed by atoms with Gasteiger partial charge in [-0.1, -0.05) is 28.1 Å². The van der Waals surface area contributed by atoms with Crippen LogP contribution in [0.25, 0.3) is 0 Å². The maximum atomic E-state index is 11.9. The lowest BCUT2D eigenvalue weighted by molar-refractivity contribution is 0.0955. The molecule has 0 radical (unpaired) electrons. The molecule has 21 heavy (non-hydrogen) atoms. The molecular formula is C16H16BrN3O. The Bertz CT molecular complexity index is 634. The maximum Gasteiger partial charge on any atom is 0.271 e. The molecule has 0 aliphatic heterocycles. The monoisotopic (exact) mass is 345 g/mol. The molecule has 0 aliphatic rings. The molecule has 0 unspecified atom stereocenters. The predicted octanol–water partition coefficient (Wildman–Crippen LogP) is 3.28. The molecule has 0 spiro atoms. The average molecular weight is 346 g/mol. The summed E-state index contributed by atoms with van der Waals surface area (Å²) in [6.45, 7) is 0. The summed E-state index contributed by atoms with van der Waals surface area (Å²) in [6, 6.07) is 15.0. The second kappa shape index (κ2) is 7.04. The lowest BCUT2D eigenvalue weighted by Gasteiger charge is -2.12. The third-order valence-corrected chi connectivity index (χ3v) is 3.42. The molecule has 2 rings (SSSR count). The molecule has 1 amide bonds. The Hall–Kier alpha value is -2.14. The molecule has 5 heteroatoms. The van der Waals surface area contributed by atoms with Crippen LogP contribution in [0.3, 0.4) is 0 Å². The highest BCUT2D eigenvalue weighted by Crippen LogP contribution is 2.12. The first kappa shape index (κ1) is 15.3. The van der Waals surface area contributed by atoms with Crippen LogP contribution in [0, 0.1) is 0 Å². The quantitative estimate of drug-likeness (QED) is 0.682. The number of halogens is 1. The van der Waals surface area contributed by atoms with Gasteiger partial charge < -0.3 is 4.90 Å². The lowest BCUT2D eigenvalue weighted by Crippen LogP contribution is -2.17. The highest BCUT2D eigenvalue weighted by atomic mass is 79.9. The molecule has 0 heterocycles. The van der Waals surface area contributed by atoms with E-state index in [1.807, 2.05) is 55.4 Å². The van der Waals surface area contributed by atoms with Crippen LogP contribution in [0.2, 0.25) is 0 Å². The third kappa shape index (κ3) is 4.43. The summed E-state index contributed by atoms with van der Waals surface area (Å²) in [6.07, 6.45) is 1.61. The number of nitrogens with zero attached hydrogens (tertiary/aromatic N) is 2. The number of amides is 1. The van der Waals surface area contributed by atoms with Crippen molar-refractivity contribution in [2.75, 3.05) is 19.0 Å². The summed E-state index contributed by atoms with van der Waals surface area (Å²) in [5.41, 5.74) is 5.06. The van der Waals surface area contributed by atoms with Crippen LogP contribution in [0.5, 0.6) is 0 Å². The van der Waals surface area contributed by atoms with Gasteiger partial charge >= 0.3 is 0 Å². The summed E-state index contributed by atoms with van der Waals surface area (Å²) in [5.74, 6) is -0.228. The fourth-order valence-electron chi connectivity index (χ4n) is 1.69. The van der Waals surface area contributed by atoms with Crippen molar-refractivity contribution in [3.63, 3.8) is 0 Å². The van der Waals surface area contributed by atoms with Crippen LogP contribution >= 0.6 is 15.9 Å². The van der Waals surface area contributed by atoms with Crippen molar-refractivity contribution in [3.05, 3.63) is 64.1 Å². The van der Waals surface area contributed by atoms with Crippen molar-refractivity contribution in [1.29, 1.82) is 0 Å². The molecule has 0 aromatic heterocycles. The fourth-order valence-corrected chi connectivity index (χ4v) is 1.95. The molecule has 0 saturated carbocycles. The first-order valence-corrected chi connectivity index (χ1v) is 7.22. The van der Waals surface area contributed by atoms with Crippen LogP contribution in [0.1, 0.15) is 15.9 Å². The van der Waals surface area contributed by atoms with Gasteiger partial charge in [-0.05, 0) is 42.0 Å². The summed E-state index contributed by atoms with van der Waals surface area (Å²) >= 11 is 3.37. The molecule has 0 bridgehead atoms. The second-order valence-corrected chi connectivity index (χ2v) is 5.61. The highest BCUT2D eigenvalue weighted by molar-refractivity contribution is 9.10. The summed E-state index contributed by atoms with van der Waals surface area (Å²) in [5, 5.41) is 3.95. The van der Waals surface area contributed by atoms with Gasteiger partial charge in [0.25, 0.3) is 5.91 Å². The number of benzene rings is 2. The van der Waals surface area contributed by atoms with Crippen LogP contribution < -0.4 is 10.3 Å². The van der Waals surface area contributed by atoms with Gasteiger partial charge in [0.15, 0.2) is 0 Å². The first-order valence-electron chi connectivity index (χ1n) is 6.42. The maximum absolute atomic E-state index is 11.9. The zero-order chi connectivity index (χ0) is 15.2. The SMILES string of the molecule is CN(C)c1ccc(C(=O)N/N=C/c2ccc(Br)cc2)cc1. The van der Waals surface area contributed by atoms with Crippen LogP contribution in [0.15, 0.2) is 58.1 Å². The van der Waals surface area contributed by atoms with E-state index in [2.05, 4.69) is 26.5 Å². The minimum Gasteiger partial charge on any atom is -0.378 e. The van der Waals surface area contributed by atoms with Crippen molar-refractivity contribution in [2.24, 2.45) is 5.10 Å². The number of anilines is 1. The second-order valence-electron chi connectivity index (χ2n) is 4.69. The van der Waals surface area contributed by atoms with Gasteiger partial charge in [-0.2, -0.15) is 5.10 Å². The Labute approximate surface area is 132 Å². The van der Waals surface area contributed by atoms with E-state index in [9.17, 15) is 4.79 Å². The van der Waals surface area contributed by atoms with E-state index in [1.165, 1.54) is 0 Å². The number of carbonyl (C=O) groups is 1. The molecule has 0 saturated heterocycles. The molecule has 0 aliphatic carbocycles. The largest absolute Gasteiger partial charge is 0.378 e. The summed E-state index contributed by atoms with van der Waals surface area (Å²) < 4.78 is 1.00. The minimum absolute atomic E-state index is 0.228. The van der Waals surface area contributed by atoms with Crippen molar-refractivity contribution in [3.8, 4) is 0 Å². The number of hydrogen-bond donors (Lipinski definition) is 1. The van der Waals surface area contributed by atoms with Gasteiger partial charge in [0.1, 0.15) is 0 Å². The molecular weight excluding hydrogens is 330 g/mol. The van der Waals surface area contributed by atoms with E-state index in [4.69, 9.17) is 0 Å². The van der Waals surface area contributed by atoms with Gasteiger partial charge in [0.05, 0.1) is 6.21 Å². The summed E-state index contributed by atoms with van der Waals surface area (Å²) in [4.78, 5) is 13.9. The Morgan fingerprint density at radius 3 is 2.29 bits per heavy atom. The zero-order valence-electron chi connectivity index (χ0n) is 11.9. The predicted molar refractivity (Wildman–Crippen MR) is 90.0 cm³/mol. The summed E-state index contributed by atoms with van der Waals surface area (Å²) in [7, 11) is 3.91. The zero-order valence-corrected chi connectivity index (χ0v) is 13.5. The topological polar surface area (TPSA) is 44.7 Å².